The van der Waals surface area contributed by atoms with Gasteiger partial charge in [-0.05, 0) is 24.8 Å². The fraction of sp³-hybridized carbons (Fsp3) is 0.769. The van der Waals surface area contributed by atoms with Gasteiger partial charge in [-0.3, -0.25) is 4.79 Å². The molecule has 6 nitrogen and oxygen atoms in total. The molecule has 0 aromatic carbocycles. The fourth-order valence-electron chi connectivity index (χ4n) is 1.70. The van der Waals surface area contributed by atoms with Crippen LogP contribution in [0.5, 0.6) is 0 Å². The minimum absolute atomic E-state index is 0.0250. The van der Waals surface area contributed by atoms with Gasteiger partial charge in [0.25, 0.3) is 0 Å². The van der Waals surface area contributed by atoms with E-state index < -0.39 is 5.97 Å². The molecule has 0 aliphatic heterocycles. The number of aliphatic carboxylic acids is 1. The molecule has 0 aliphatic rings. The lowest BCUT2D eigenvalue weighted by molar-refractivity contribution is -0.137. The topological polar surface area (TPSA) is 88.2 Å². The molecule has 1 heterocycles. The SMILES string of the molecule is CCc1nc(CNCCC(C)(C)CCC(=O)O)no1. The number of carboxylic acids is 1. The molecule has 6 heteroatoms. The van der Waals surface area contributed by atoms with Crippen molar-refractivity contribution < 1.29 is 14.4 Å². The smallest absolute Gasteiger partial charge is 0.303 e. The summed E-state index contributed by atoms with van der Waals surface area (Å²) in [5.74, 6) is 0.582. The van der Waals surface area contributed by atoms with E-state index in [1.807, 2.05) is 6.92 Å². The molecule has 0 saturated heterocycles. The molecule has 1 aromatic heterocycles. The van der Waals surface area contributed by atoms with E-state index in [2.05, 4.69) is 29.3 Å². The maximum atomic E-state index is 10.5. The van der Waals surface area contributed by atoms with Gasteiger partial charge >= 0.3 is 5.97 Å². The van der Waals surface area contributed by atoms with Crippen LogP contribution in [0, 0.1) is 5.41 Å². The Kier molecular flexibility index (Phi) is 5.95. The first kappa shape index (κ1) is 15.6. The zero-order valence-corrected chi connectivity index (χ0v) is 11.9. The number of carboxylic acid groups (broad SMARTS) is 1. The summed E-state index contributed by atoms with van der Waals surface area (Å²) in [4.78, 5) is 14.8. The molecule has 2 N–H and O–H groups in total. The largest absolute Gasteiger partial charge is 0.481 e. The zero-order chi connectivity index (χ0) is 14.3. The van der Waals surface area contributed by atoms with Crippen LogP contribution >= 0.6 is 0 Å². The van der Waals surface area contributed by atoms with Crippen LogP contribution in [-0.4, -0.2) is 27.8 Å². The summed E-state index contributed by atoms with van der Waals surface area (Å²) in [5.41, 5.74) is 0.0250. The van der Waals surface area contributed by atoms with E-state index in [9.17, 15) is 4.79 Å². The Hall–Kier alpha value is -1.43. The summed E-state index contributed by atoms with van der Waals surface area (Å²) < 4.78 is 5.01. The number of aryl methyl sites for hydroxylation is 1. The number of hydrogen-bond acceptors (Lipinski definition) is 5. The van der Waals surface area contributed by atoms with Crippen molar-refractivity contribution in [2.75, 3.05) is 6.54 Å². The van der Waals surface area contributed by atoms with Crippen LogP contribution in [0.2, 0.25) is 0 Å². The standard InChI is InChI=1S/C13H23N3O3/c1-4-11-15-10(16-19-11)9-14-8-7-13(2,3)6-5-12(17)18/h14H,4-9H2,1-3H3,(H,17,18). The Morgan fingerprint density at radius 3 is 2.74 bits per heavy atom. The maximum Gasteiger partial charge on any atom is 0.303 e. The monoisotopic (exact) mass is 269 g/mol. The third-order valence-electron chi connectivity index (χ3n) is 3.09. The van der Waals surface area contributed by atoms with Crippen molar-refractivity contribution in [1.29, 1.82) is 0 Å². The first-order valence-corrected chi connectivity index (χ1v) is 6.67. The second-order valence-corrected chi connectivity index (χ2v) is 5.44. The summed E-state index contributed by atoms with van der Waals surface area (Å²) in [5, 5.41) is 15.8. The first-order chi connectivity index (χ1) is 8.93. The van der Waals surface area contributed by atoms with Crippen molar-refractivity contribution in [2.24, 2.45) is 5.41 Å². The Bertz CT molecular complexity index is 402. The molecule has 19 heavy (non-hydrogen) atoms. The average molecular weight is 269 g/mol. The molecule has 108 valence electrons. The number of rotatable bonds is 9. The van der Waals surface area contributed by atoms with Crippen molar-refractivity contribution >= 4 is 5.97 Å². The van der Waals surface area contributed by atoms with Gasteiger partial charge in [-0.2, -0.15) is 4.98 Å². The Morgan fingerprint density at radius 1 is 1.42 bits per heavy atom. The highest BCUT2D eigenvalue weighted by Gasteiger charge is 2.18. The third-order valence-corrected chi connectivity index (χ3v) is 3.09. The molecule has 0 atom stereocenters. The van der Waals surface area contributed by atoms with Gasteiger partial charge in [0, 0.05) is 12.8 Å². The van der Waals surface area contributed by atoms with E-state index in [4.69, 9.17) is 9.63 Å². The number of aromatic nitrogens is 2. The number of hydrogen-bond donors (Lipinski definition) is 2. The molecular weight excluding hydrogens is 246 g/mol. The first-order valence-electron chi connectivity index (χ1n) is 6.67. The molecule has 0 unspecified atom stereocenters. The van der Waals surface area contributed by atoms with Crippen molar-refractivity contribution in [2.45, 2.75) is 53.0 Å². The molecule has 0 bridgehead atoms. The average Bonchev–Trinajstić information content (AvgIpc) is 2.80. The lowest BCUT2D eigenvalue weighted by Crippen LogP contribution is -2.23. The maximum absolute atomic E-state index is 10.5. The fourth-order valence-corrected chi connectivity index (χ4v) is 1.70. The second kappa shape index (κ2) is 7.23. The molecular formula is C13H23N3O3. The molecule has 0 saturated carbocycles. The molecule has 0 spiro atoms. The minimum Gasteiger partial charge on any atom is -0.481 e. The van der Waals surface area contributed by atoms with Crippen molar-refractivity contribution in [1.82, 2.24) is 15.5 Å². The second-order valence-electron chi connectivity index (χ2n) is 5.44. The summed E-state index contributed by atoms with van der Waals surface area (Å²) in [7, 11) is 0. The predicted octanol–water partition coefficient (Wildman–Crippen LogP) is 2.00. The number of nitrogens with one attached hydrogen (secondary N) is 1. The van der Waals surface area contributed by atoms with Crippen molar-refractivity contribution in [3.05, 3.63) is 11.7 Å². The van der Waals surface area contributed by atoms with Crippen LogP contribution in [0.3, 0.4) is 0 Å². The third kappa shape index (κ3) is 6.33. The van der Waals surface area contributed by atoms with Gasteiger partial charge in [0.15, 0.2) is 5.82 Å². The normalized spacial score (nSPS) is 11.7. The van der Waals surface area contributed by atoms with Gasteiger partial charge < -0.3 is 14.9 Å². The van der Waals surface area contributed by atoms with Crippen molar-refractivity contribution in [3.63, 3.8) is 0 Å². The Balaban J connectivity index is 2.20. The highest BCUT2D eigenvalue weighted by molar-refractivity contribution is 5.66. The molecule has 0 aliphatic carbocycles. The quantitative estimate of drug-likeness (QED) is 0.667. The van der Waals surface area contributed by atoms with Crippen LogP contribution < -0.4 is 5.32 Å². The molecule has 1 aromatic rings. The Labute approximate surface area is 113 Å². The van der Waals surface area contributed by atoms with E-state index >= 15 is 0 Å². The van der Waals surface area contributed by atoms with E-state index in [0.717, 1.165) is 19.4 Å². The van der Waals surface area contributed by atoms with Crippen LogP contribution in [0.4, 0.5) is 0 Å². The van der Waals surface area contributed by atoms with E-state index in [-0.39, 0.29) is 11.8 Å². The summed E-state index contributed by atoms with van der Waals surface area (Å²) in [6.07, 6.45) is 2.57. The molecule has 0 fully saturated rings. The molecule has 0 amide bonds. The van der Waals surface area contributed by atoms with E-state index in [1.54, 1.807) is 0 Å². The van der Waals surface area contributed by atoms with Crippen molar-refractivity contribution in [3.8, 4) is 0 Å². The lowest BCUT2D eigenvalue weighted by Gasteiger charge is -2.23. The number of nitrogens with zero attached hydrogens (tertiary/aromatic N) is 2. The highest BCUT2D eigenvalue weighted by Crippen LogP contribution is 2.25. The van der Waals surface area contributed by atoms with Gasteiger partial charge in [0.1, 0.15) is 0 Å². The number of carbonyl (C=O) groups is 1. The summed E-state index contributed by atoms with van der Waals surface area (Å²) >= 11 is 0. The zero-order valence-electron chi connectivity index (χ0n) is 11.9. The van der Waals surface area contributed by atoms with Gasteiger partial charge in [-0.1, -0.05) is 25.9 Å². The van der Waals surface area contributed by atoms with Gasteiger partial charge in [0.2, 0.25) is 5.89 Å². The van der Waals surface area contributed by atoms with Crippen LogP contribution in [0.1, 0.15) is 51.7 Å². The predicted molar refractivity (Wildman–Crippen MR) is 70.7 cm³/mol. The van der Waals surface area contributed by atoms with Crippen LogP contribution in [0.25, 0.3) is 0 Å². The Morgan fingerprint density at radius 2 is 2.16 bits per heavy atom. The van der Waals surface area contributed by atoms with Gasteiger partial charge in [-0.25, -0.2) is 0 Å². The van der Waals surface area contributed by atoms with Gasteiger partial charge in [0.05, 0.1) is 6.54 Å². The van der Waals surface area contributed by atoms with Crippen LogP contribution in [-0.2, 0) is 17.8 Å². The molecule has 1 rings (SSSR count). The minimum atomic E-state index is -0.736. The van der Waals surface area contributed by atoms with Crippen LogP contribution in [0.15, 0.2) is 4.52 Å². The summed E-state index contributed by atoms with van der Waals surface area (Å²) in [6.45, 7) is 7.53. The van der Waals surface area contributed by atoms with Gasteiger partial charge in [-0.15, -0.1) is 0 Å². The highest BCUT2D eigenvalue weighted by atomic mass is 16.5. The summed E-state index contributed by atoms with van der Waals surface area (Å²) in [6, 6.07) is 0. The molecule has 0 radical (unpaired) electrons. The lowest BCUT2D eigenvalue weighted by atomic mass is 9.84. The van der Waals surface area contributed by atoms with E-state index in [1.165, 1.54) is 0 Å². The van der Waals surface area contributed by atoms with E-state index in [0.29, 0.717) is 24.7 Å².